The molecule has 76 valence electrons. The quantitative estimate of drug-likeness (QED) is 0.450. The molecule has 1 aromatic carbocycles. The first-order valence-electron chi connectivity index (χ1n) is 4.02. The van der Waals surface area contributed by atoms with Crippen molar-refractivity contribution in [3.8, 4) is 0 Å². The van der Waals surface area contributed by atoms with Crippen LogP contribution in [0.15, 0.2) is 18.2 Å². The summed E-state index contributed by atoms with van der Waals surface area (Å²) in [5.41, 5.74) is 6.47. The van der Waals surface area contributed by atoms with Gasteiger partial charge in [-0.15, -0.1) is 0 Å². The molecular weight excluding hydrogens is 216 g/mol. The number of nitrogens with two attached hydrogens (primary N) is 1. The second-order valence-corrected chi connectivity index (χ2v) is 3.36. The number of fused-ring (bicyclic) bond motifs is 1. The Hall–Kier alpha value is -2.02. The first kappa shape index (κ1) is 9.53. The highest BCUT2D eigenvalue weighted by atomic mass is 32.1. The van der Waals surface area contributed by atoms with Crippen LogP contribution in [0, 0.1) is 10.1 Å². The molecule has 0 aliphatic heterocycles. The van der Waals surface area contributed by atoms with Gasteiger partial charge < -0.3 is 5.73 Å². The Balaban J connectivity index is 2.72. The van der Waals surface area contributed by atoms with Crippen LogP contribution in [0.1, 0.15) is 5.69 Å². The summed E-state index contributed by atoms with van der Waals surface area (Å²) in [7, 11) is 0. The van der Waals surface area contributed by atoms with Crippen molar-refractivity contribution >= 4 is 33.8 Å². The van der Waals surface area contributed by atoms with Gasteiger partial charge >= 0.3 is 0 Å². The van der Waals surface area contributed by atoms with Crippen LogP contribution in [-0.2, 0) is 0 Å². The van der Waals surface area contributed by atoms with E-state index >= 15 is 0 Å². The van der Waals surface area contributed by atoms with Crippen molar-refractivity contribution in [1.82, 2.24) is 10.2 Å². The summed E-state index contributed by atoms with van der Waals surface area (Å²) < 4.78 is 0. The number of nitrogens with one attached hydrogen (secondary N) is 1. The molecule has 2 rings (SSSR count). The van der Waals surface area contributed by atoms with E-state index in [0.717, 1.165) is 0 Å². The molecule has 0 saturated heterocycles. The zero-order chi connectivity index (χ0) is 11.0. The van der Waals surface area contributed by atoms with Crippen LogP contribution in [0.25, 0.3) is 10.9 Å². The lowest BCUT2D eigenvalue weighted by atomic mass is 10.2. The fourth-order valence-corrected chi connectivity index (χ4v) is 1.46. The molecule has 0 radical (unpaired) electrons. The molecule has 0 fully saturated rings. The van der Waals surface area contributed by atoms with Crippen molar-refractivity contribution in [2.45, 2.75) is 0 Å². The summed E-state index contributed by atoms with van der Waals surface area (Å²) >= 11 is 4.78. The molecule has 7 heteroatoms. The van der Waals surface area contributed by atoms with Crippen LogP contribution >= 0.6 is 12.2 Å². The average Bonchev–Trinajstić information content (AvgIpc) is 2.59. The van der Waals surface area contributed by atoms with E-state index in [2.05, 4.69) is 10.2 Å². The predicted molar refractivity (Wildman–Crippen MR) is 58.6 cm³/mol. The summed E-state index contributed by atoms with van der Waals surface area (Å²) in [6.45, 7) is 0. The van der Waals surface area contributed by atoms with Gasteiger partial charge in [-0.1, -0.05) is 12.2 Å². The molecule has 0 saturated carbocycles. The lowest BCUT2D eigenvalue weighted by Gasteiger charge is -1.93. The number of rotatable bonds is 2. The number of nitro groups is 1. The second-order valence-electron chi connectivity index (χ2n) is 2.92. The van der Waals surface area contributed by atoms with Gasteiger partial charge in [0.25, 0.3) is 5.69 Å². The van der Waals surface area contributed by atoms with E-state index < -0.39 is 4.92 Å². The number of aromatic amines is 1. The maximum atomic E-state index is 10.6. The maximum Gasteiger partial charge on any atom is 0.270 e. The van der Waals surface area contributed by atoms with Gasteiger partial charge in [-0.05, 0) is 6.07 Å². The van der Waals surface area contributed by atoms with Crippen molar-refractivity contribution in [3.63, 3.8) is 0 Å². The molecule has 0 atom stereocenters. The fraction of sp³-hybridized carbons (Fsp3) is 0. The van der Waals surface area contributed by atoms with Crippen LogP contribution in [0.3, 0.4) is 0 Å². The van der Waals surface area contributed by atoms with Crippen molar-refractivity contribution < 1.29 is 4.92 Å². The van der Waals surface area contributed by atoms with Crippen molar-refractivity contribution in [3.05, 3.63) is 34.0 Å². The number of nitro benzene ring substituents is 1. The highest BCUT2D eigenvalue weighted by Crippen LogP contribution is 2.21. The van der Waals surface area contributed by atoms with Gasteiger partial charge in [0.1, 0.15) is 10.7 Å². The van der Waals surface area contributed by atoms with E-state index in [1.807, 2.05) is 0 Å². The Morgan fingerprint density at radius 3 is 2.93 bits per heavy atom. The highest BCUT2D eigenvalue weighted by Gasteiger charge is 2.12. The molecule has 15 heavy (non-hydrogen) atoms. The van der Waals surface area contributed by atoms with Crippen LogP contribution in [-0.4, -0.2) is 20.1 Å². The van der Waals surface area contributed by atoms with Crippen LogP contribution in [0.2, 0.25) is 0 Å². The van der Waals surface area contributed by atoms with Gasteiger partial charge in [0, 0.05) is 17.5 Å². The van der Waals surface area contributed by atoms with Gasteiger partial charge in [-0.2, -0.15) is 5.10 Å². The molecule has 1 heterocycles. The lowest BCUT2D eigenvalue weighted by Crippen LogP contribution is -2.10. The number of H-pyrrole nitrogens is 1. The summed E-state index contributed by atoms with van der Waals surface area (Å²) in [4.78, 5) is 10.2. The molecule has 0 bridgehead atoms. The molecule has 2 aromatic rings. The number of benzene rings is 1. The third-order valence-electron chi connectivity index (χ3n) is 1.99. The third kappa shape index (κ3) is 1.52. The molecule has 0 amide bonds. The van der Waals surface area contributed by atoms with E-state index in [1.165, 1.54) is 12.1 Å². The molecular formula is C8H6N4O2S. The second kappa shape index (κ2) is 3.28. The summed E-state index contributed by atoms with van der Waals surface area (Å²) in [5.74, 6) is 0. The highest BCUT2D eigenvalue weighted by molar-refractivity contribution is 7.80. The molecule has 6 nitrogen and oxygen atoms in total. The molecule has 0 unspecified atom stereocenters. The van der Waals surface area contributed by atoms with E-state index in [-0.39, 0.29) is 10.7 Å². The minimum atomic E-state index is -0.476. The predicted octanol–water partition coefficient (Wildman–Crippen LogP) is 1.11. The van der Waals surface area contributed by atoms with Crippen molar-refractivity contribution in [1.29, 1.82) is 0 Å². The Morgan fingerprint density at radius 2 is 2.33 bits per heavy atom. The zero-order valence-corrected chi connectivity index (χ0v) is 8.25. The zero-order valence-electron chi connectivity index (χ0n) is 7.43. The Morgan fingerprint density at radius 1 is 1.60 bits per heavy atom. The van der Waals surface area contributed by atoms with Crippen molar-refractivity contribution in [2.75, 3.05) is 0 Å². The smallest absolute Gasteiger partial charge is 0.270 e. The van der Waals surface area contributed by atoms with Crippen LogP contribution < -0.4 is 5.73 Å². The van der Waals surface area contributed by atoms with E-state index in [4.69, 9.17) is 18.0 Å². The minimum absolute atomic E-state index is 0.0126. The molecule has 0 aliphatic carbocycles. The monoisotopic (exact) mass is 222 g/mol. The van der Waals surface area contributed by atoms with E-state index in [0.29, 0.717) is 16.6 Å². The minimum Gasteiger partial charge on any atom is -0.388 e. The van der Waals surface area contributed by atoms with E-state index in [9.17, 15) is 10.1 Å². The number of non-ortho nitro benzene ring substituents is 1. The standard InChI is InChI=1S/C8H6N4O2S/c9-8(15)7-5-3-4(12(13)14)1-2-6(5)10-11-7/h1-3H,(H2,9,15)(H,10,11). The lowest BCUT2D eigenvalue weighted by molar-refractivity contribution is -0.384. The Bertz CT molecular complexity index is 563. The fourth-order valence-electron chi connectivity index (χ4n) is 1.30. The van der Waals surface area contributed by atoms with Gasteiger partial charge in [-0.3, -0.25) is 15.2 Å². The SMILES string of the molecule is NC(=S)c1n[nH]c2ccc([N+](=O)[O-])cc12. The van der Waals surface area contributed by atoms with Crippen molar-refractivity contribution in [2.24, 2.45) is 5.73 Å². The molecule has 1 aromatic heterocycles. The first-order chi connectivity index (χ1) is 7.09. The molecule has 0 spiro atoms. The number of aromatic nitrogens is 2. The van der Waals surface area contributed by atoms with Crippen LogP contribution in [0.5, 0.6) is 0 Å². The molecule has 3 N–H and O–H groups in total. The topological polar surface area (TPSA) is 97.8 Å². The first-order valence-corrected chi connectivity index (χ1v) is 4.43. The van der Waals surface area contributed by atoms with Gasteiger partial charge in [0.15, 0.2) is 0 Å². The summed E-state index contributed by atoms with van der Waals surface area (Å²) in [6.07, 6.45) is 0. The van der Waals surface area contributed by atoms with Gasteiger partial charge in [0.05, 0.1) is 10.4 Å². The van der Waals surface area contributed by atoms with Gasteiger partial charge in [0.2, 0.25) is 0 Å². The Labute approximate surface area is 89.2 Å². The Kier molecular flexibility index (Phi) is 2.09. The van der Waals surface area contributed by atoms with E-state index in [1.54, 1.807) is 6.07 Å². The number of nitrogens with zero attached hydrogens (tertiary/aromatic N) is 2. The maximum absolute atomic E-state index is 10.6. The normalized spacial score (nSPS) is 10.4. The number of thiocarbonyl (C=S) groups is 1. The third-order valence-corrected chi connectivity index (χ3v) is 2.18. The largest absolute Gasteiger partial charge is 0.388 e. The summed E-state index contributed by atoms with van der Waals surface area (Å²) in [5, 5.41) is 17.7. The average molecular weight is 222 g/mol. The number of hydrogen-bond donors (Lipinski definition) is 2. The van der Waals surface area contributed by atoms with Gasteiger partial charge in [-0.25, -0.2) is 0 Å². The number of hydrogen-bond acceptors (Lipinski definition) is 4. The van der Waals surface area contributed by atoms with Crippen LogP contribution in [0.4, 0.5) is 5.69 Å². The summed E-state index contributed by atoms with van der Waals surface area (Å²) in [6, 6.07) is 4.36. The molecule has 0 aliphatic rings.